The highest BCUT2D eigenvalue weighted by Gasteiger charge is 2.23. The number of carbonyl (C=O) groups is 1. The Bertz CT molecular complexity index is 707. The maximum absolute atomic E-state index is 13.1. The highest BCUT2D eigenvalue weighted by molar-refractivity contribution is 6.35. The summed E-state index contributed by atoms with van der Waals surface area (Å²) in [6, 6.07) is 10.5. The standard InChI is InChI=1S/C18H19Cl2FN2O/c1-18(2,3)11-23(22-16-6-4-15(21)5-7-16)17(24)12-8-13(19)10-14(20)9-12/h4-10,22H,11H2,1-3H3. The molecule has 0 aliphatic carbocycles. The quantitative estimate of drug-likeness (QED) is 0.707. The lowest BCUT2D eigenvalue weighted by Crippen LogP contribution is -2.41. The van der Waals surface area contributed by atoms with Gasteiger partial charge < -0.3 is 0 Å². The van der Waals surface area contributed by atoms with Gasteiger partial charge in [-0.1, -0.05) is 44.0 Å². The van der Waals surface area contributed by atoms with Gasteiger partial charge in [0, 0.05) is 22.2 Å². The largest absolute Gasteiger partial charge is 0.296 e. The summed E-state index contributed by atoms with van der Waals surface area (Å²) in [6.45, 7) is 6.49. The van der Waals surface area contributed by atoms with E-state index >= 15 is 0 Å². The van der Waals surface area contributed by atoms with Gasteiger partial charge in [0.2, 0.25) is 0 Å². The molecule has 128 valence electrons. The van der Waals surface area contributed by atoms with Crippen LogP contribution in [-0.2, 0) is 0 Å². The van der Waals surface area contributed by atoms with E-state index in [4.69, 9.17) is 23.2 Å². The molecule has 2 aromatic rings. The van der Waals surface area contributed by atoms with Gasteiger partial charge in [-0.05, 0) is 47.9 Å². The smallest absolute Gasteiger partial charge is 0.272 e. The highest BCUT2D eigenvalue weighted by Crippen LogP contribution is 2.23. The van der Waals surface area contributed by atoms with Gasteiger partial charge in [0.05, 0.1) is 5.69 Å². The topological polar surface area (TPSA) is 32.3 Å². The van der Waals surface area contributed by atoms with Crippen molar-refractivity contribution >= 4 is 34.8 Å². The van der Waals surface area contributed by atoms with Crippen LogP contribution in [0.1, 0.15) is 31.1 Å². The van der Waals surface area contributed by atoms with Crippen LogP contribution in [0.3, 0.4) is 0 Å². The van der Waals surface area contributed by atoms with Crippen LogP contribution in [0, 0.1) is 11.2 Å². The molecule has 0 aliphatic rings. The van der Waals surface area contributed by atoms with Crippen LogP contribution in [0.15, 0.2) is 42.5 Å². The van der Waals surface area contributed by atoms with Crippen LogP contribution in [0.5, 0.6) is 0 Å². The van der Waals surface area contributed by atoms with Gasteiger partial charge in [0.15, 0.2) is 0 Å². The second kappa shape index (κ2) is 7.41. The van der Waals surface area contributed by atoms with E-state index in [9.17, 15) is 9.18 Å². The minimum Gasteiger partial charge on any atom is -0.296 e. The van der Waals surface area contributed by atoms with Crippen LogP contribution in [0.25, 0.3) is 0 Å². The van der Waals surface area contributed by atoms with E-state index in [2.05, 4.69) is 5.43 Å². The molecule has 3 nitrogen and oxygen atoms in total. The van der Waals surface area contributed by atoms with Gasteiger partial charge in [0.1, 0.15) is 5.82 Å². The summed E-state index contributed by atoms with van der Waals surface area (Å²) >= 11 is 12.0. The Labute approximate surface area is 151 Å². The van der Waals surface area contributed by atoms with Gasteiger partial charge in [-0.25, -0.2) is 4.39 Å². The van der Waals surface area contributed by atoms with Gasteiger partial charge >= 0.3 is 0 Å². The molecule has 0 atom stereocenters. The minimum atomic E-state index is -0.337. The molecule has 0 bridgehead atoms. The second-order valence-corrected chi connectivity index (χ2v) is 7.60. The predicted molar refractivity (Wildman–Crippen MR) is 97.0 cm³/mol. The van der Waals surface area contributed by atoms with E-state index in [1.807, 2.05) is 20.8 Å². The SMILES string of the molecule is CC(C)(C)CN(Nc1ccc(F)cc1)C(=O)c1cc(Cl)cc(Cl)c1. The first kappa shape index (κ1) is 18.6. The van der Waals surface area contributed by atoms with Crippen molar-refractivity contribution in [3.8, 4) is 0 Å². The third-order valence-electron chi connectivity index (χ3n) is 3.10. The molecule has 0 fully saturated rings. The molecule has 0 radical (unpaired) electrons. The minimum absolute atomic E-state index is 0.148. The number of halogens is 3. The molecule has 0 saturated carbocycles. The summed E-state index contributed by atoms with van der Waals surface area (Å²) in [7, 11) is 0. The lowest BCUT2D eigenvalue weighted by molar-refractivity contribution is 0.0743. The number of nitrogens with one attached hydrogen (secondary N) is 1. The van der Waals surface area contributed by atoms with Crippen molar-refractivity contribution in [2.45, 2.75) is 20.8 Å². The van der Waals surface area contributed by atoms with Crippen molar-refractivity contribution in [1.29, 1.82) is 0 Å². The summed E-state index contributed by atoms with van der Waals surface area (Å²) in [5.74, 6) is -0.602. The zero-order valence-electron chi connectivity index (χ0n) is 13.7. The Balaban J connectivity index is 2.30. The maximum Gasteiger partial charge on any atom is 0.272 e. The summed E-state index contributed by atoms with van der Waals surface area (Å²) in [6.07, 6.45) is 0. The van der Waals surface area contributed by atoms with Crippen LogP contribution in [-0.4, -0.2) is 17.5 Å². The fourth-order valence-corrected chi connectivity index (χ4v) is 2.68. The van der Waals surface area contributed by atoms with E-state index in [0.717, 1.165) is 0 Å². The van der Waals surface area contributed by atoms with Crippen molar-refractivity contribution in [1.82, 2.24) is 5.01 Å². The fourth-order valence-electron chi connectivity index (χ4n) is 2.15. The molecule has 0 unspecified atom stereocenters. The monoisotopic (exact) mass is 368 g/mol. The van der Waals surface area contributed by atoms with Crippen molar-refractivity contribution in [2.24, 2.45) is 5.41 Å². The normalized spacial score (nSPS) is 11.2. The molecule has 0 aliphatic heterocycles. The number of hydrazine groups is 1. The summed E-state index contributed by atoms with van der Waals surface area (Å²) in [5, 5.41) is 2.27. The van der Waals surface area contributed by atoms with Crippen LogP contribution >= 0.6 is 23.2 Å². The van der Waals surface area contributed by atoms with Crippen molar-refractivity contribution in [3.05, 3.63) is 63.9 Å². The first-order valence-corrected chi connectivity index (χ1v) is 8.20. The molecular weight excluding hydrogens is 350 g/mol. The molecule has 1 N–H and O–H groups in total. The van der Waals surface area contributed by atoms with Crippen molar-refractivity contribution < 1.29 is 9.18 Å². The average Bonchev–Trinajstić information content (AvgIpc) is 2.45. The highest BCUT2D eigenvalue weighted by atomic mass is 35.5. The molecule has 0 aromatic heterocycles. The number of rotatable bonds is 4. The number of nitrogens with zero attached hydrogens (tertiary/aromatic N) is 1. The molecule has 2 aromatic carbocycles. The molecular formula is C18H19Cl2FN2O. The van der Waals surface area contributed by atoms with Gasteiger partial charge in [-0.3, -0.25) is 15.2 Å². The lowest BCUT2D eigenvalue weighted by Gasteiger charge is -2.31. The van der Waals surface area contributed by atoms with Gasteiger partial charge in [-0.2, -0.15) is 0 Å². The molecule has 0 saturated heterocycles. The number of hydrogen-bond donors (Lipinski definition) is 1. The van der Waals surface area contributed by atoms with Crippen LogP contribution < -0.4 is 5.43 Å². The van der Waals surface area contributed by atoms with E-state index in [1.54, 1.807) is 30.3 Å². The van der Waals surface area contributed by atoms with E-state index in [-0.39, 0.29) is 17.1 Å². The summed E-state index contributed by atoms with van der Waals surface area (Å²) in [5.41, 5.74) is 3.88. The zero-order valence-corrected chi connectivity index (χ0v) is 15.2. The van der Waals surface area contributed by atoms with Crippen LogP contribution in [0.4, 0.5) is 10.1 Å². The Kier molecular flexibility index (Phi) is 5.73. The number of carbonyl (C=O) groups excluding carboxylic acids is 1. The van der Waals surface area contributed by atoms with Crippen molar-refractivity contribution in [3.63, 3.8) is 0 Å². The predicted octanol–water partition coefficient (Wildman–Crippen LogP) is 5.65. The summed E-state index contributed by atoms with van der Waals surface area (Å²) in [4.78, 5) is 12.9. The number of amides is 1. The Hall–Kier alpha value is -1.78. The number of benzene rings is 2. The van der Waals surface area contributed by atoms with Gasteiger partial charge in [0.25, 0.3) is 5.91 Å². The molecule has 0 heterocycles. The van der Waals surface area contributed by atoms with Crippen LogP contribution in [0.2, 0.25) is 10.0 Å². The van der Waals surface area contributed by atoms with E-state index in [0.29, 0.717) is 27.8 Å². The summed E-state index contributed by atoms with van der Waals surface area (Å²) < 4.78 is 13.1. The third-order valence-corrected chi connectivity index (χ3v) is 3.53. The van der Waals surface area contributed by atoms with Crippen molar-refractivity contribution in [2.75, 3.05) is 12.0 Å². The molecule has 1 amide bonds. The van der Waals surface area contributed by atoms with Gasteiger partial charge in [-0.15, -0.1) is 0 Å². The maximum atomic E-state index is 13.1. The van der Waals surface area contributed by atoms with E-state index in [1.165, 1.54) is 17.1 Å². The Morgan fingerprint density at radius 2 is 1.62 bits per heavy atom. The molecule has 0 spiro atoms. The fraction of sp³-hybridized carbons (Fsp3) is 0.278. The Morgan fingerprint density at radius 1 is 1.08 bits per heavy atom. The van der Waals surface area contributed by atoms with E-state index < -0.39 is 0 Å². The zero-order chi connectivity index (χ0) is 17.9. The average molecular weight is 369 g/mol. The molecule has 24 heavy (non-hydrogen) atoms. The first-order chi connectivity index (χ1) is 11.1. The first-order valence-electron chi connectivity index (χ1n) is 7.44. The Morgan fingerprint density at radius 3 is 2.12 bits per heavy atom. The lowest BCUT2D eigenvalue weighted by atomic mass is 9.96. The second-order valence-electron chi connectivity index (χ2n) is 6.73. The molecule has 6 heteroatoms. The number of hydrogen-bond acceptors (Lipinski definition) is 2. The number of anilines is 1. The third kappa shape index (κ3) is 5.39. The molecule has 2 rings (SSSR count).